The van der Waals surface area contributed by atoms with Gasteiger partial charge in [-0.25, -0.2) is 14.2 Å². The topological polar surface area (TPSA) is 249 Å². The number of pyridine rings is 2. The van der Waals surface area contributed by atoms with E-state index in [1.54, 1.807) is 47.6 Å². The van der Waals surface area contributed by atoms with Gasteiger partial charge in [0.25, 0.3) is 5.56 Å². The summed E-state index contributed by atoms with van der Waals surface area (Å²) >= 11 is 0. The van der Waals surface area contributed by atoms with Crippen molar-refractivity contribution in [3.63, 3.8) is 0 Å². The Hall–Kier alpha value is -6.21. The number of carbonyl (C=O) groups excluding carboxylic acids is 8. The van der Waals surface area contributed by atoms with E-state index < -0.39 is 83.7 Å². The van der Waals surface area contributed by atoms with E-state index in [0.29, 0.717) is 41.7 Å². The quantitative estimate of drug-likeness (QED) is 0.0407. The maximum atomic E-state index is 15.3. The van der Waals surface area contributed by atoms with Gasteiger partial charge in [0.05, 0.1) is 41.6 Å². The van der Waals surface area contributed by atoms with Crippen molar-refractivity contribution in [2.24, 2.45) is 17.8 Å². The summed E-state index contributed by atoms with van der Waals surface area (Å²) in [5.74, 6) is -6.19. The van der Waals surface area contributed by atoms with E-state index in [2.05, 4.69) is 16.0 Å². The van der Waals surface area contributed by atoms with Crippen LogP contribution in [0.25, 0.3) is 22.3 Å². The number of ketones is 2. The highest BCUT2D eigenvalue weighted by atomic mass is 19.1. The summed E-state index contributed by atoms with van der Waals surface area (Å²) in [5.41, 5.74) is 1.37. The molecule has 0 saturated carbocycles. The second kappa shape index (κ2) is 20.5. The van der Waals surface area contributed by atoms with Gasteiger partial charge in [0.1, 0.15) is 25.7 Å². The normalized spacial score (nSPS) is 18.4. The van der Waals surface area contributed by atoms with Crippen molar-refractivity contribution in [1.29, 1.82) is 0 Å². The number of esters is 1. The number of hydrogen-bond acceptors (Lipinski definition) is 13. The molecule has 19 heteroatoms. The number of amides is 5. The Labute approximate surface area is 380 Å². The van der Waals surface area contributed by atoms with Crippen molar-refractivity contribution in [3.8, 4) is 11.4 Å². The number of hydrogen-bond donors (Lipinski definition) is 4. The highest BCUT2D eigenvalue weighted by molar-refractivity contribution is 6.06. The summed E-state index contributed by atoms with van der Waals surface area (Å²) in [6.07, 6.45) is 1.09. The number of fused-ring (bicyclic) bond motifs is 5. The van der Waals surface area contributed by atoms with E-state index in [1.165, 1.54) is 10.6 Å². The third-order valence-corrected chi connectivity index (χ3v) is 12.6. The fourth-order valence-corrected chi connectivity index (χ4v) is 8.60. The number of unbranched alkanes of at least 4 members (excludes halogenated alkanes) is 1. The summed E-state index contributed by atoms with van der Waals surface area (Å²) in [6.45, 7) is 9.24. The molecule has 354 valence electrons. The van der Waals surface area contributed by atoms with Crippen molar-refractivity contribution in [2.45, 2.75) is 118 Å². The lowest BCUT2D eigenvalue weighted by atomic mass is 9.86. The Morgan fingerprint density at radius 3 is 2.45 bits per heavy atom. The van der Waals surface area contributed by atoms with Gasteiger partial charge in [-0.2, -0.15) is 0 Å². The predicted octanol–water partition coefficient (Wildman–Crippen LogP) is 2.54. The predicted molar refractivity (Wildman–Crippen MR) is 234 cm³/mol. The van der Waals surface area contributed by atoms with Gasteiger partial charge in [-0.3, -0.25) is 43.3 Å². The number of aryl methyl sites for hydroxylation is 1. The third kappa shape index (κ3) is 10.4. The zero-order valence-electron chi connectivity index (χ0n) is 38.1. The number of likely N-dealkylation sites (tertiary alicyclic amines) is 1. The minimum atomic E-state index is -1.96. The molecule has 5 heterocycles. The van der Waals surface area contributed by atoms with E-state index in [0.717, 1.165) is 21.4 Å². The summed E-state index contributed by atoms with van der Waals surface area (Å²) in [4.78, 5) is 119. The zero-order chi connectivity index (χ0) is 48.2. The molecule has 1 fully saturated rings. The van der Waals surface area contributed by atoms with Gasteiger partial charge in [-0.1, -0.05) is 34.6 Å². The Bertz CT molecular complexity index is 2560. The van der Waals surface area contributed by atoms with E-state index in [4.69, 9.17) is 14.5 Å². The highest BCUT2D eigenvalue weighted by Gasteiger charge is 2.45. The number of nitrogens with one attached hydrogen (secondary N) is 3. The fourth-order valence-electron chi connectivity index (χ4n) is 8.60. The molecule has 2 aromatic heterocycles. The number of rotatable bonds is 21. The summed E-state index contributed by atoms with van der Waals surface area (Å²) in [7, 11) is 0. The molecule has 3 aliphatic rings. The minimum Gasteiger partial charge on any atom is -0.458 e. The molecule has 6 rings (SSSR count). The van der Waals surface area contributed by atoms with E-state index in [1.807, 2.05) is 6.07 Å². The summed E-state index contributed by atoms with van der Waals surface area (Å²) in [5, 5.41) is 19.6. The van der Waals surface area contributed by atoms with Crippen LogP contribution in [0, 0.1) is 30.5 Å². The number of aliphatic hydroxyl groups is 1. The second-order valence-corrected chi connectivity index (χ2v) is 17.8. The average Bonchev–Trinajstić information content (AvgIpc) is 3.75. The number of nitrogens with zero attached hydrogens (tertiary/aromatic N) is 3. The molecule has 0 aliphatic carbocycles. The van der Waals surface area contributed by atoms with Crippen LogP contribution in [0.3, 0.4) is 0 Å². The molecule has 1 saturated heterocycles. The Balaban J connectivity index is 0.928. The Morgan fingerprint density at radius 2 is 1.77 bits per heavy atom. The van der Waals surface area contributed by atoms with Crippen molar-refractivity contribution < 1.29 is 57.3 Å². The third-order valence-electron chi connectivity index (χ3n) is 12.6. The fraction of sp³-hybridized carbons (Fsp3) is 0.532. The number of ether oxygens (including phenoxy) is 2. The molecule has 1 aromatic carbocycles. The standard InChI is InChI=1S/C47H57FN6O12/c1-7-47(64)33-17-36-42-28(20-53(36)45(62)32(33)22-66-46(47)63)16-31-30(27(6)34(48)18-35(31)51-42)10-8-9-13-65-23-50-43(60)25(4)14-37(56)41(24(2)3)52-38(57)12-11-29(55)19-49-39(58)21-54-40(59)15-26(5)44(54)61/h16-18,24-26,41,64H,7-15,19-23H2,1-6H3,(H,49,58)(H,50,60)(H,52,57)/t25-,26?,41+,47+/m1/s1. The number of cyclic esters (lactones) is 1. The largest absolute Gasteiger partial charge is 0.458 e. The first-order valence-corrected chi connectivity index (χ1v) is 22.3. The maximum Gasteiger partial charge on any atom is 0.343 e. The van der Waals surface area contributed by atoms with Crippen LogP contribution in [-0.4, -0.2) is 99.1 Å². The number of imide groups is 1. The monoisotopic (exact) mass is 916 g/mol. The van der Waals surface area contributed by atoms with Gasteiger partial charge in [0.2, 0.25) is 29.5 Å². The molecular formula is C47H57FN6O12. The first-order chi connectivity index (χ1) is 31.2. The molecule has 1 unspecified atom stereocenters. The van der Waals surface area contributed by atoms with Gasteiger partial charge < -0.3 is 35.1 Å². The molecule has 4 N–H and O–H groups in total. The van der Waals surface area contributed by atoms with E-state index >= 15 is 4.39 Å². The molecule has 4 atom stereocenters. The molecule has 0 spiro atoms. The van der Waals surface area contributed by atoms with Crippen molar-refractivity contribution in [2.75, 3.05) is 26.4 Å². The minimum absolute atomic E-state index is 0.0133. The van der Waals surface area contributed by atoms with Crippen LogP contribution in [0.15, 0.2) is 23.0 Å². The Kier molecular flexibility index (Phi) is 15.3. The number of benzene rings is 1. The summed E-state index contributed by atoms with van der Waals surface area (Å²) in [6, 6.07) is 3.98. The van der Waals surface area contributed by atoms with Crippen LogP contribution in [0.2, 0.25) is 0 Å². The van der Waals surface area contributed by atoms with Crippen LogP contribution in [-0.2, 0) is 73.0 Å². The highest BCUT2D eigenvalue weighted by Crippen LogP contribution is 2.39. The van der Waals surface area contributed by atoms with Crippen molar-refractivity contribution in [3.05, 3.63) is 62.2 Å². The number of aromatic nitrogens is 2. The SMILES string of the molecule is CC[C@@]1(O)C(=O)OCc2c1cc1n(c2=O)Cc2cc3c(CCCCOCNC(=O)[C@H](C)CC(=O)[C@@H](NC(=O)CCC(=O)CNC(=O)CN4C(=O)CC(C)C4=O)C(C)C)c(C)c(F)cc3nc2-1. The number of carbonyl (C=O) groups is 8. The first-order valence-electron chi connectivity index (χ1n) is 22.3. The van der Waals surface area contributed by atoms with Gasteiger partial charge in [-0.05, 0) is 61.8 Å². The van der Waals surface area contributed by atoms with Crippen LogP contribution >= 0.6 is 0 Å². The molecule has 3 aliphatic heterocycles. The molecular weight excluding hydrogens is 860 g/mol. The van der Waals surface area contributed by atoms with Gasteiger partial charge in [0.15, 0.2) is 17.2 Å². The lowest BCUT2D eigenvalue weighted by Crippen LogP contribution is -2.46. The molecule has 5 amide bonds. The average molecular weight is 917 g/mol. The van der Waals surface area contributed by atoms with E-state index in [-0.39, 0.29) is 87.0 Å². The number of Topliss-reactive ketones (excluding diaryl/α,β-unsaturated/α-hetero) is 2. The Morgan fingerprint density at radius 1 is 1.03 bits per heavy atom. The van der Waals surface area contributed by atoms with Gasteiger partial charge >= 0.3 is 5.97 Å². The first kappa shape index (κ1) is 49.2. The van der Waals surface area contributed by atoms with Crippen molar-refractivity contribution in [1.82, 2.24) is 30.4 Å². The van der Waals surface area contributed by atoms with E-state index in [9.17, 15) is 48.3 Å². The lowest BCUT2D eigenvalue weighted by Gasteiger charge is -2.31. The van der Waals surface area contributed by atoms with Gasteiger partial charge in [0, 0.05) is 66.7 Å². The molecule has 66 heavy (non-hydrogen) atoms. The lowest BCUT2D eigenvalue weighted by molar-refractivity contribution is -0.172. The molecule has 18 nitrogen and oxygen atoms in total. The van der Waals surface area contributed by atoms with Crippen LogP contribution in [0.5, 0.6) is 0 Å². The second-order valence-electron chi connectivity index (χ2n) is 17.8. The van der Waals surface area contributed by atoms with Crippen LogP contribution < -0.4 is 21.5 Å². The number of halogens is 1. The maximum absolute atomic E-state index is 15.3. The molecule has 3 aromatic rings. The smallest absolute Gasteiger partial charge is 0.343 e. The molecule has 0 radical (unpaired) electrons. The van der Waals surface area contributed by atoms with Crippen molar-refractivity contribution >= 4 is 58.0 Å². The van der Waals surface area contributed by atoms with Crippen LogP contribution in [0.4, 0.5) is 4.39 Å². The zero-order valence-corrected chi connectivity index (χ0v) is 38.1. The molecule has 0 bridgehead atoms. The van der Waals surface area contributed by atoms with Gasteiger partial charge in [-0.15, -0.1) is 0 Å². The van der Waals surface area contributed by atoms with Crippen LogP contribution in [0.1, 0.15) is 107 Å². The summed E-state index contributed by atoms with van der Waals surface area (Å²) < 4.78 is 27.7.